The monoisotopic (exact) mass is 338 g/mol. The van der Waals surface area contributed by atoms with Crippen LogP contribution < -0.4 is 16.0 Å². The zero-order chi connectivity index (χ0) is 16.9. The molecule has 4 rings (SSSR count). The third-order valence-electron chi connectivity index (χ3n) is 4.91. The van der Waals surface area contributed by atoms with Crippen LogP contribution in [-0.2, 0) is 0 Å². The zero-order valence-electron chi connectivity index (χ0n) is 14.5. The van der Waals surface area contributed by atoms with E-state index in [4.69, 9.17) is 0 Å². The molecule has 0 radical (unpaired) electrons. The summed E-state index contributed by atoms with van der Waals surface area (Å²) in [4.78, 5) is 13.5. The predicted octanol–water partition coefficient (Wildman–Crippen LogP) is 2.91. The summed E-state index contributed by atoms with van der Waals surface area (Å²) in [7, 11) is 0. The van der Waals surface area contributed by atoms with Gasteiger partial charge in [0.1, 0.15) is 5.82 Å². The van der Waals surface area contributed by atoms with Crippen molar-refractivity contribution in [3.05, 3.63) is 30.6 Å². The van der Waals surface area contributed by atoms with E-state index < -0.39 is 0 Å². The van der Waals surface area contributed by atoms with E-state index in [0.717, 1.165) is 42.6 Å². The molecule has 0 atom stereocenters. The fraction of sp³-hybridized carbons (Fsp3) is 0.526. The molecule has 2 aromatic rings. The number of hydrogen-bond acceptors (Lipinski definition) is 6. The van der Waals surface area contributed by atoms with E-state index in [2.05, 4.69) is 30.9 Å². The molecule has 25 heavy (non-hydrogen) atoms. The van der Waals surface area contributed by atoms with Gasteiger partial charge in [-0.25, -0.2) is 4.98 Å². The summed E-state index contributed by atoms with van der Waals surface area (Å²) >= 11 is 0. The lowest BCUT2D eigenvalue weighted by atomic mass is 9.95. The molecule has 132 valence electrons. The molecule has 6 nitrogen and oxygen atoms in total. The summed E-state index contributed by atoms with van der Waals surface area (Å²) in [6.07, 6.45) is 9.80. The first-order valence-corrected chi connectivity index (χ1v) is 9.37. The molecule has 1 saturated carbocycles. The lowest BCUT2D eigenvalue weighted by Gasteiger charge is -2.22. The van der Waals surface area contributed by atoms with Gasteiger partial charge in [0.2, 0.25) is 5.95 Å². The van der Waals surface area contributed by atoms with Crippen LogP contribution in [0.25, 0.3) is 11.3 Å². The molecule has 3 heterocycles. The van der Waals surface area contributed by atoms with Gasteiger partial charge in [-0.15, -0.1) is 0 Å². The van der Waals surface area contributed by atoms with Crippen LogP contribution in [0, 0.1) is 5.92 Å². The number of pyridine rings is 1. The second kappa shape index (κ2) is 7.78. The van der Waals surface area contributed by atoms with Gasteiger partial charge in [0.05, 0.1) is 5.69 Å². The standard InChI is InChI=1S/C19H26N6/c1-2-15(13-21-8-1)17-12-18(25-19(24-17)23-16-3-4-16)22-11-7-14-5-9-20-10-6-14/h1-2,8,12-14,16,20H,3-7,9-11H2,(H2,22,23,24,25). The van der Waals surface area contributed by atoms with Crippen LogP contribution in [0.3, 0.4) is 0 Å². The van der Waals surface area contributed by atoms with Crippen LogP contribution in [-0.4, -0.2) is 40.6 Å². The van der Waals surface area contributed by atoms with Crippen molar-refractivity contribution >= 4 is 11.8 Å². The van der Waals surface area contributed by atoms with Crippen LogP contribution >= 0.6 is 0 Å². The highest BCUT2D eigenvalue weighted by molar-refractivity contribution is 5.63. The molecule has 0 amide bonds. The fourth-order valence-electron chi connectivity index (χ4n) is 3.25. The van der Waals surface area contributed by atoms with Crippen molar-refractivity contribution in [2.24, 2.45) is 5.92 Å². The molecule has 0 unspecified atom stereocenters. The molecule has 1 aliphatic carbocycles. The van der Waals surface area contributed by atoms with E-state index in [1.165, 1.54) is 32.1 Å². The van der Waals surface area contributed by atoms with E-state index in [1.807, 2.05) is 24.4 Å². The number of anilines is 2. The number of hydrogen-bond donors (Lipinski definition) is 3. The van der Waals surface area contributed by atoms with Gasteiger partial charge in [-0.1, -0.05) is 0 Å². The Morgan fingerprint density at radius 2 is 2.00 bits per heavy atom. The molecule has 0 aromatic carbocycles. The molecule has 1 saturated heterocycles. The molecule has 3 N–H and O–H groups in total. The Kier molecular flexibility index (Phi) is 5.06. The van der Waals surface area contributed by atoms with Crippen molar-refractivity contribution in [1.82, 2.24) is 20.3 Å². The molecule has 6 heteroatoms. The maximum atomic E-state index is 4.67. The molecule has 2 aliphatic rings. The molecular weight excluding hydrogens is 312 g/mol. The first-order chi connectivity index (χ1) is 12.4. The maximum Gasteiger partial charge on any atom is 0.225 e. The maximum absolute atomic E-state index is 4.67. The summed E-state index contributed by atoms with van der Waals surface area (Å²) in [5.41, 5.74) is 1.93. The Balaban J connectivity index is 1.45. The van der Waals surface area contributed by atoms with Gasteiger partial charge < -0.3 is 16.0 Å². The fourth-order valence-corrected chi connectivity index (χ4v) is 3.25. The van der Waals surface area contributed by atoms with Crippen LogP contribution in [0.5, 0.6) is 0 Å². The molecule has 2 aromatic heterocycles. The average molecular weight is 338 g/mol. The van der Waals surface area contributed by atoms with Crippen molar-refractivity contribution in [2.45, 2.75) is 38.1 Å². The summed E-state index contributed by atoms with van der Waals surface area (Å²) < 4.78 is 0. The van der Waals surface area contributed by atoms with Crippen molar-refractivity contribution in [2.75, 3.05) is 30.3 Å². The quantitative estimate of drug-likeness (QED) is 0.721. The Bertz CT molecular complexity index is 680. The lowest BCUT2D eigenvalue weighted by Crippen LogP contribution is -2.28. The molecule has 0 spiro atoms. The second-order valence-corrected chi connectivity index (χ2v) is 7.03. The highest BCUT2D eigenvalue weighted by Gasteiger charge is 2.22. The average Bonchev–Trinajstić information content (AvgIpc) is 3.47. The van der Waals surface area contributed by atoms with E-state index in [9.17, 15) is 0 Å². The molecule has 2 fully saturated rings. The smallest absolute Gasteiger partial charge is 0.225 e. The van der Waals surface area contributed by atoms with Gasteiger partial charge in [0.25, 0.3) is 0 Å². The van der Waals surface area contributed by atoms with Gasteiger partial charge >= 0.3 is 0 Å². The minimum Gasteiger partial charge on any atom is -0.370 e. The number of nitrogens with one attached hydrogen (secondary N) is 3. The first kappa shape index (κ1) is 16.3. The lowest BCUT2D eigenvalue weighted by molar-refractivity contribution is 0.361. The summed E-state index contributed by atoms with van der Waals surface area (Å²) in [6.45, 7) is 3.26. The third-order valence-corrected chi connectivity index (χ3v) is 4.91. The van der Waals surface area contributed by atoms with Gasteiger partial charge in [-0.05, 0) is 63.2 Å². The molecule has 0 bridgehead atoms. The van der Waals surface area contributed by atoms with Crippen LogP contribution in [0.2, 0.25) is 0 Å². The minimum atomic E-state index is 0.534. The Labute approximate surface area is 148 Å². The molecule has 1 aliphatic heterocycles. The second-order valence-electron chi connectivity index (χ2n) is 7.03. The largest absolute Gasteiger partial charge is 0.370 e. The Morgan fingerprint density at radius 3 is 2.76 bits per heavy atom. The number of rotatable bonds is 7. The van der Waals surface area contributed by atoms with Gasteiger partial charge in [0, 0.05) is 36.6 Å². The normalized spacial score (nSPS) is 18.1. The third kappa shape index (κ3) is 4.66. The van der Waals surface area contributed by atoms with E-state index >= 15 is 0 Å². The van der Waals surface area contributed by atoms with Crippen molar-refractivity contribution in [1.29, 1.82) is 0 Å². The van der Waals surface area contributed by atoms with Crippen molar-refractivity contribution in [3.63, 3.8) is 0 Å². The van der Waals surface area contributed by atoms with Gasteiger partial charge in [-0.3, -0.25) is 4.98 Å². The number of nitrogens with zero attached hydrogens (tertiary/aromatic N) is 3. The predicted molar refractivity (Wildman–Crippen MR) is 101 cm³/mol. The highest BCUT2D eigenvalue weighted by atomic mass is 15.2. The SMILES string of the molecule is c1cncc(-c2cc(NCCC3CCNCC3)nc(NC3CC3)n2)c1. The Morgan fingerprint density at radius 1 is 1.12 bits per heavy atom. The Hall–Kier alpha value is -2.21. The zero-order valence-corrected chi connectivity index (χ0v) is 14.5. The summed E-state index contributed by atoms with van der Waals surface area (Å²) in [5.74, 6) is 2.43. The topological polar surface area (TPSA) is 74.8 Å². The number of aromatic nitrogens is 3. The van der Waals surface area contributed by atoms with E-state index in [1.54, 1.807) is 6.20 Å². The van der Waals surface area contributed by atoms with E-state index in [-0.39, 0.29) is 0 Å². The van der Waals surface area contributed by atoms with E-state index in [0.29, 0.717) is 12.0 Å². The summed E-state index contributed by atoms with van der Waals surface area (Å²) in [5, 5.41) is 10.3. The van der Waals surface area contributed by atoms with Crippen LogP contribution in [0.4, 0.5) is 11.8 Å². The van der Waals surface area contributed by atoms with Crippen molar-refractivity contribution < 1.29 is 0 Å². The highest BCUT2D eigenvalue weighted by Crippen LogP contribution is 2.26. The van der Waals surface area contributed by atoms with Crippen LogP contribution in [0.15, 0.2) is 30.6 Å². The summed E-state index contributed by atoms with van der Waals surface area (Å²) in [6, 6.07) is 6.54. The van der Waals surface area contributed by atoms with Gasteiger partial charge in [-0.2, -0.15) is 4.98 Å². The van der Waals surface area contributed by atoms with Crippen LogP contribution in [0.1, 0.15) is 32.1 Å². The first-order valence-electron chi connectivity index (χ1n) is 9.37. The molecular formula is C19H26N6. The van der Waals surface area contributed by atoms with Crippen molar-refractivity contribution in [3.8, 4) is 11.3 Å². The number of piperidine rings is 1. The minimum absolute atomic E-state index is 0.534. The van der Waals surface area contributed by atoms with Gasteiger partial charge in [0.15, 0.2) is 0 Å².